The number of halogens is 2. The Kier molecular flexibility index (Phi) is 6.28. The molecule has 1 N–H and O–H groups in total. The zero-order valence-electron chi connectivity index (χ0n) is 15.6. The van der Waals surface area contributed by atoms with Crippen LogP contribution in [0.5, 0.6) is 11.5 Å². The van der Waals surface area contributed by atoms with Crippen molar-refractivity contribution in [1.29, 1.82) is 5.26 Å². The molecule has 0 atom stereocenters. The van der Waals surface area contributed by atoms with Crippen molar-refractivity contribution >= 4 is 51.6 Å². The van der Waals surface area contributed by atoms with Crippen molar-refractivity contribution in [1.82, 2.24) is 0 Å². The Morgan fingerprint density at radius 3 is 2.55 bits per heavy atom. The second-order valence-corrected chi connectivity index (χ2v) is 6.78. The summed E-state index contributed by atoms with van der Waals surface area (Å²) in [5, 5.41) is 14.4. The lowest BCUT2D eigenvalue weighted by Crippen LogP contribution is -2.14. The predicted octanol–water partition coefficient (Wildman–Crippen LogP) is 5.71. The first-order chi connectivity index (χ1) is 14.0. The first-order valence-electron chi connectivity index (χ1n) is 8.50. The summed E-state index contributed by atoms with van der Waals surface area (Å²) in [4.78, 5) is 12.7. The standard InChI is InChI=1S/C22H16Cl2N2O3/c1-28-15-8-6-13-7-9-20(29-2)17(16(13)11-15)10-14(12-25)22(27)26-19-5-3-4-18(23)21(19)24/h3-11H,1-2H3,(H,26,27)/b14-10-. The summed E-state index contributed by atoms with van der Waals surface area (Å²) in [5.41, 5.74) is 0.791. The van der Waals surface area contributed by atoms with E-state index in [0.29, 0.717) is 27.8 Å². The highest BCUT2D eigenvalue weighted by molar-refractivity contribution is 6.44. The summed E-state index contributed by atoms with van der Waals surface area (Å²) in [6, 6.07) is 16.0. The van der Waals surface area contributed by atoms with Crippen LogP contribution >= 0.6 is 23.2 Å². The first-order valence-corrected chi connectivity index (χ1v) is 9.26. The molecule has 29 heavy (non-hydrogen) atoms. The van der Waals surface area contributed by atoms with E-state index >= 15 is 0 Å². The maximum Gasteiger partial charge on any atom is 0.266 e. The van der Waals surface area contributed by atoms with Crippen molar-refractivity contribution in [3.05, 3.63) is 69.7 Å². The van der Waals surface area contributed by atoms with Gasteiger partial charge in [0.25, 0.3) is 5.91 Å². The Labute approximate surface area is 178 Å². The van der Waals surface area contributed by atoms with Gasteiger partial charge < -0.3 is 14.8 Å². The normalized spacial score (nSPS) is 11.1. The number of ether oxygens (including phenoxy) is 2. The van der Waals surface area contributed by atoms with E-state index in [1.54, 1.807) is 31.4 Å². The van der Waals surface area contributed by atoms with Crippen LogP contribution in [0.2, 0.25) is 10.0 Å². The Hall–Kier alpha value is -3.20. The molecular weight excluding hydrogens is 411 g/mol. The van der Waals surface area contributed by atoms with Gasteiger partial charge in [-0.25, -0.2) is 0 Å². The molecule has 0 aliphatic rings. The molecule has 7 heteroatoms. The van der Waals surface area contributed by atoms with E-state index < -0.39 is 5.91 Å². The van der Waals surface area contributed by atoms with Crippen LogP contribution in [-0.4, -0.2) is 20.1 Å². The van der Waals surface area contributed by atoms with Crippen LogP contribution in [0.15, 0.2) is 54.1 Å². The third-order valence-corrected chi connectivity index (χ3v) is 5.12. The Balaban J connectivity index is 2.08. The minimum absolute atomic E-state index is 0.116. The first kappa shape index (κ1) is 20.5. The number of hydrogen-bond acceptors (Lipinski definition) is 4. The van der Waals surface area contributed by atoms with Crippen LogP contribution in [0, 0.1) is 11.3 Å². The van der Waals surface area contributed by atoms with Gasteiger partial charge in [-0.05, 0) is 47.2 Å². The lowest BCUT2D eigenvalue weighted by molar-refractivity contribution is -0.112. The van der Waals surface area contributed by atoms with Crippen molar-refractivity contribution < 1.29 is 14.3 Å². The lowest BCUT2D eigenvalue weighted by atomic mass is 10.0. The summed E-state index contributed by atoms with van der Waals surface area (Å²) in [7, 11) is 3.09. The van der Waals surface area contributed by atoms with Crippen molar-refractivity contribution in [2.24, 2.45) is 0 Å². The van der Waals surface area contributed by atoms with Gasteiger partial charge in [-0.3, -0.25) is 4.79 Å². The number of methoxy groups -OCH3 is 2. The van der Waals surface area contributed by atoms with Crippen molar-refractivity contribution in [3.8, 4) is 17.6 Å². The maximum absolute atomic E-state index is 12.7. The molecule has 0 aliphatic carbocycles. The molecule has 0 aliphatic heterocycles. The second kappa shape index (κ2) is 8.87. The molecule has 3 aromatic carbocycles. The molecule has 3 aromatic rings. The maximum atomic E-state index is 12.7. The molecule has 0 saturated heterocycles. The lowest BCUT2D eigenvalue weighted by Gasteiger charge is -2.11. The van der Waals surface area contributed by atoms with E-state index in [-0.39, 0.29) is 10.6 Å². The number of rotatable bonds is 5. The van der Waals surface area contributed by atoms with E-state index in [4.69, 9.17) is 32.7 Å². The van der Waals surface area contributed by atoms with Crippen molar-refractivity contribution in [3.63, 3.8) is 0 Å². The number of benzene rings is 3. The van der Waals surface area contributed by atoms with Gasteiger partial charge in [-0.1, -0.05) is 41.4 Å². The van der Waals surface area contributed by atoms with Crippen molar-refractivity contribution in [2.45, 2.75) is 0 Å². The molecule has 3 rings (SSSR count). The molecule has 146 valence electrons. The monoisotopic (exact) mass is 426 g/mol. The van der Waals surface area contributed by atoms with Gasteiger partial charge in [0.1, 0.15) is 23.1 Å². The number of carbonyl (C=O) groups excluding carboxylic acids is 1. The van der Waals surface area contributed by atoms with E-state index in [0.717, 1.165) is 10.8 Å². The Morgan fingerprint density at radius 2 is 1.86 bits per heavy atom. The van der Waals surface area contributed by atoms with Crippen LogP contribution in [0.3, 0.4) is 0 Å². The molecule has 0 spiro atoms. The highest BCUT2D eigenvalue weighted by Crippen LogP contribution is 2.33. The number of nitriles is 1. The molecule has 0 heterocycles. The van der Waals surface area contributed by atoms with Crippen molar-refractivity contribution in [2.75, 3.05) is 19.5 Å². The molecule has 5 nitrogen and oxygen atoms in total. The fourth-order valence-electron chi connectivity index (χ4n) is 2.84. The number of hydrogen-bond donors (Lipinski definition) is 1. The van der Waals surface area contributed by atoms with Crippen LogP contribution in [-0.2, 0) is 4.79 Å². The minimum atomic E-state index is -0.612. The zero-order valence-corrected chi connectivity index (χ0v) is 17.1. The largest absolute Gasteiger partial charge is 0.497 e. The fourth-order valence-corrected chi connectivity index (χ4v) is 3.19. The molecule has 0 aromatic heterocycles. The third-order valence-electron chi connectivity index (χ3n) is 4.30. The van der Waals surface area contributed by atoms with Gasteiger partial charge in [0, 0.05) is 5.56 Å². The SMILES string of the molecule is COc1ccc2ccc(OC)c(/C=C(/C#N)C(=O)Nc3cccc(Cl)c3Cl)c2c1. The summed E-state index contributed by atoms with van der Waals surface area (Å²) >= 11 is 12.1. The predicted molar refractivity (Wildman–Crippen MR) is 116 cm³/mol. The fraction of sp³-hybridized carbons (Fsp3) is 0.0909. The molecule has 0 unspecified atom stereocenters. The summed E-state index contributed by atoms with van der Waals surface area (Å²) in [6.45, 7) is 0. The number of fused-ring (bicyclic) bond motifs is 1. The molecule has 0 bridgehead atoms. The van der Waals surface area contributed by atoms with Crippen LogP contribution in [0.25, 0.3) is 16.8 Å². The van der Waals surface area contributed by atoms with Gasteiger partial charge >= 0.3 is 0 Å². The van der Waals surface area contributed by atoms with E-state index in [9.17, 15) is 10.1 Å². The molecule has 0 fully saturated rings. The summed E-state index contributed by atoms with van der Waals surface area (Å²) in [6.07, 6.45) is 1.48. The third kappa shape index (κ3) is 4.29. The van der Waals surface area contributed by atoms with E-state index in [1.807, 2.05) is 30.3 Å². The highest BCUT2D eigenvalue weighted by Gasteiger charge is 2.15. The zero-order chi connectivity index (χ0) is 21.0. The summed E-state index contributed by atoms with van der Waals surface area (Å²) in [5.74, 6) is 0.555. The van der Waals surface area contributed by atoms with Gasteiger partial charge in [0.2, 0.25) is 0 Å². The van der Waals surface area contributed by atoms with Gasteiger partial charge in [0.05, 0.1) is 30.0 Å². The van der Waals surface area contributed by atoms with Gasteiger partial charge in [-0.15, -0.1) is 0 Å². The average molecular weight is 427 g/mol. The number of amides is 1. The van der Waals surface area contributed by atoms with E-state index in [1.165, 1.54) is 13.2 Å². The topological polar surface area (TPSA) is 71.3 Å². The van der Waals surface area contributed by atoms with Crippen LogP contribution in [0.4, 0.5) is 5.69 Å². The molecule has 0 radical (unpaired) electrons. The number of nitrogens with one attached hydrogen (secondary N) is 1. The number of nitrogens with zero attached hydrogens (tertiary/aromatic N) is 1. The Bertz CT molecular complexity index is 1160. The van der Waals surface area contributed by atoms with Gasteiger partial charge in [-0.2, -0.15) is 5.26 Å². The molecular formula is C22H16Cl2N2O3. The smallest absolute Gasteiger partial charge is 0.266 e. The second-order valence-electron chi connectivity index (χ2n) is 5.99. The molecule has 0 saturated carbocycles. The quantitative estimate of drug-likeness (QED) is 0.418. The number of anilines is 1. The van der Waals surface area contributed by atoms with E-state index in [2.05, 4.69) is 5.32 Å². The molecule has 1 amide bonds. The average Bonchev–Trinajstić information content (AvgIpc) is 2.74. The minimum Gasteiger partial charge on any atom is -0.497 e. The van der Waals surface area contributed by atoms with Gasteiger partial charge in [0.15, 0.2) is 0 Å². The highest BCUT2D eigenvalue weighted by atomic mass is 35.5. The Morgan fingerprint density at radius 1 is 1.10 bits per heavy atom. The summed E-state index contributed by atoms with van der Waals surface area (Å²) < 4.78 is 10.7. The number of carbonyl (C=O) groups is 1. The van der Waals surface area contributed by atoms with Crippen LogP contribution < -0.4 is 14.8 Å². The van der Waals surface area contributed by atoms with Crippen LogP contribution in [0.1, 0.15) is 5.56 Å².